The molecule has 0 radical (unpaired) electrons. The predicted octanol–water partition coefficient (Wildman–Crippen LogP) is 5.39. The van der Waals surface area contributed by atoms with Gasteiger partial charge < -0.3 is 4.57 Å². The van der Waals surface area contributed by atoms with Crippen LogP contribution in [0.2, 0.25) is 5.02 Å². The maximum atomic E-state index is 12.9. The van der Waals surface area contributed by atoms with Crippen LogP contribution in [0.15, 0.2) is 72.8 Å². The molecule has 0 saturated heterocycles. The van der Waals surface area contributed by atoms with Crippen LogP contribution >= 0.6 is 11.6 Å². The second kappa shape index (κ2) is 11.2. The number of nitrogens with zero attached hydrogens (tertiary/aromatic N) is 2. The Bertz CT molecular complexity index is 1470. The van der Waals surface area contributed by atoms with Gasteiger partial charge in [-0.05, 0) is 48.7 Å². The maximum Gasteiger partial charge on any atom is 0.301 e. The van der Waals surface area contributed by atoms with Crippen LogP contribution in [0.3, 0.4) is 0 Å². The molecule has 1 aromatic heterocycles. The molecule has 0 spiro atoms. The molecule has 0 bridgehead atoms. The van der Waals surface area contributed by atoms with Crippen LogP contribution in [-0.2, 0) is 10.2 Å². The maximum absolute atomic E-state index is 12.9. The van der Waals surface area contributed by atoms with Gasteiger partial charge in [0, 0.05) is 17.1 Å². The van der Waals surface area contributed by atoms with Gasteiger partial charge in [-0.15, -0.1) is 0 Å². The van der Waals surface area contributed by atoms with Gasteiger partial charge in [-0.1, -0.05) is 79.9 Å². The van der Waals surface area contributed by atoms with Crippen LogP contribution < -0.4 is 9.44 Å². The molecule has 4 rings (SSSR count). The van der Waals surface area contributed by atoms with Gasteiger partial charge in [0.15, 0.2) is 0 Å². The number of carbonyl (C=O) groups is 1. The average molecular weight is 525 g/mol. The van der Waals surface area contributed by atoms with Crippen molar-refractivity contribution in [2.75, 3.05) is 6.54 Å². The molecule has 0 aliphatic heterocycles. The summed E-state index contributed by atoms with van der Waals surface area (Å²) in [5.74, 6) is 0.0286. The number of halogens is 1. The van der Waals surface area contributed by atoms with Crippen molar-refractivity contribution < 1.29 is 13.2 Å². The predicted molar refractivity (Wildman–Crippen MR) is 144 cm³/mol. The Morgan fingerprint density at radius 2 is 1.75 bits per heavy atom. The lowest BCUT2D eigenvalue weighted by Gasteiger charge is -2.23. The van der Waals surface area contributed by atoms with Crippen LogP contribution in [0.1, 0.15) is 59.5 Å². The molecule has 3 aromatic carbocycles. The minimum atomic E-state index is -3.96. The van der Waals surface area contributed by atoms with Gasteiger partial charge in [-0.25, -0.2) is 9.71 Å². The Morgan fingerprint density at radius 3 is 2.47 bits per heavy atom. The van der Waals surface area contributed by atoms with Gasteiger partial charge in [-0.2, -0.15) is 13.1 Å². The molecule has 0 aliphatic carbocycles. The number of benzene rings is 3. The number of nitrogens with one attached hydrogen (secondary N) is 2. The molecule has 9 heteroatoms. The van der Waals surface area contributed by atoms with E-state index in [-0.39, 0.29) is 18.2 Å². The number of amides is 1. The molecular weight excluding hydrogens is 496 g/mol. The zero-order chi connectivity index (χ0) is 25.7. The Labute approximate surface area is 216 Å². The van der Waals surface area contributed by atoms with Crippen LogP contribution in [0.5, 0.6) is 0 Å². The minimum absolute atomic E-state index is 0.216. The number of fused-ring (bicyclic) bond motifs is 1. The normalized spacial score (nSPS) is 12.5. The number of imidazole rings is 1. The van der Waals surface area contributed by atoms with Crippen molar-refractivity contribution in [2.24, 2.45) is 0 Å². The summed E-state index contributed by atoms with van der Waals surface area (Å²) in [4.78, 5) is 17.6. The Hall–Kier alpha value is -3.20. The van der Waals surface area contributed by atoms with E-state index in [2.05, 4.69) is 9.44 Å². The summed E-state index contributed by atoms with van der Waals surface area (Å²) in [6.07, 6.45) is 2.59. The van der Waals surface area contributed by atoms with E-state index in [4.69, 9.17) is 16.6 Å². The summed E-state index contributed by atoms with van der Waals surface area (Å²) in [5, 5.41) is 0.613. The summed E-state index contributed by atoms with van der Waals surface area (Å²) in [6, 6.07) is 22.2. The van der Waals surface area contributed by atoms with Crippen LogP contribution in [-0.4, -0.2) is 30.4 Å². The molecule has 1 heterocycles. The monoisotopic (exact) mass is 524 g/mol. The van der Waals surface area contributed by atoms with E-state index in [1.807, 2.05) is 73.0 Å². The number of aromatic nitrogens is 2. The van der Waals surface area contributed by atoms with E-state index < -0.39 is 16.1 Å². The van der Waals surface area contributed by atoms with Gasteiger partial charge in [-0.3, -0.25) is 4.79 Å². The third kappa shape index (κ3) is 5.78. The topological polar surface area (TPSA) is 93.1 Å². The van der Waals surface area contributed by atoms with Gasteiger partial charge >= 0.3 is 10.2 Å². The first kappa shape index (κ1) is 25.9. The molecule has 0 saturated carbocycles. The zero-order valence-corrected chi connectivity index (χ0v) is 21.8. The molecule has 188 valence electrons. The van der Waals surface area contributed by atoms with Crippen molar-refractivity contribution in [3.05, 3.63) is 100 Å². The SMILES string of the molecule is CCCCCNS(=O)(=O)NC(=O)c1ccc2nc(C)n(C(c3ccccc3)c3ccccc3Cl)c2c1. The van der Waals surface area contributed by atoms with Gasteiger partial charge in [0.1, 0.15) is 5.82 Å². The van der Waals surface area contributed by atoms with Crippen molar-refractivity contribution in [3.8, 4) is 0 Å². The quantitative estimate of drug-likeness (QED) is 0.272. The lowest BCUT2D eigenvalue weighted by Crippen LogP contribution is -2.40. The molecule has 2 N–H and O–H groups in total. The van der Waals surface area contributed by atoms with Crippen molar-refractivity contribution in [3.63, 3.8) is 0 Å². The van der Waals surface area contributed by atoms with Crippen molar-refractivity contribution in [1.82, 2.24) is 19.0 Å². The molecule has 4 aromatic rings. The Balaban J connectivity index is 1.74. The van der Waals surface area contributed by atoms with Crippen LogP contribution in [0, 0.1) is 6.92 Å². The first-order chi connectivity index (χ1) is 17.3. The highest BCUT2D eigenvalue weighted by Gasteiger charge is 2.24. The van der Waals surface area contributed by atoms with E-state index >= 15 is 0 Å². The first-order valence-electron chi connectivity index (χ1n) is 11.9. The highest BCUT2D eigenvalue weighted by molar-refractivity contribution is 7.88. The smallest absolute Gasteiger partial charge is 0.301 e. The fourth-order valence-corrected chi connectivity index (χ4v) is 5.37. The zero-order valence-electron chi connectivity index (χ0n) is 20.2. The average Bonchev–Trinajstić information content (AvgIpc) is 3.18. The minimum Gasteiger partial charge on any atom is -0.316 e. The van der Waals surface area contributed by atoms with Crippen molar-refractivity contribution in [1.29, 1.82) is 0 Å². The molecular formula is C27H29ClN4O3S. The lowest BCUT2D eigenvalue weighted by atomic mass is 9.97. The number of rotatable bonds is 10. The summed E-state index contributed by atoms with van der Waals surface area (Å²) in [7, 11) is -3.96. The van der Waals surface area contributed by atoms with Crippen LogP contribution in [0.25, 0.3) is 11.0 Å². The number of carbonyl (C=O) groups excluding carboxylic acids is 1. The summed E-state index contributed by atoms with van der Waals surface area (Å²) in [6.45, 7) is 4.21. The number of unbranched alkanes of at least 4 members (excludes halogenated alkanes) is 2. The van der Waals surface area contributed by atoms with Gasteiger partial charge in [0.05, 0.1) is 17.1 Å². The standard InChI is InChI=1S/C27H29ClN4O3S/c1-3-4-10-17-29-36(34,35)31-27(33)21-15-16-24-25(18-21)32(19(2)30-24)26(20-11-6-5-7-12-20)22-13-8-9-14-23(22)28/h5-9,11-16,18,26,29H,3-4,10,17H2,1-2H3,(H,31,33). The highest BCUT2D eigenvalue weighted by atomic mass is 35.5. The van der Waals surface area contributed by atoms with Gasteiger partial charge in [0.2, 0.25) is 0 Å². The summed E-state index contributed by atoms with van der Waals surface area (Å²) in [5.41, 5.74) is 3.50. The molecule has 1 unspecified atom stereocenters. The van der Waals surface area contributed by atoms with E-state index in [9.17, 15) is 13.2 Å². The van der Waals surface area contributed by atoms with Crippen LogP contribution in [0.4, 0.5) is 0 Å². The van der Waals surface area contributed by atoms with Crippen molar-refractivity contribution in [2.45, 2.75) is 39.2 Å². The molecule has 1 atom stereocenters. The Morgan fingerprint density at radius 1 is 1.03 bits per heavy atom. The summed E-state index contributed by atoms with van der Waals surface area (Å²) >= 11 is 6.63. The molecule has 7 nitrogen and oxygen atoms in total. The van der Waals surface area contributed by atoms with E-state index in [0.717, 1.165) is 29.8 Å². The lowest BCUT2D eigenvalue weighted by molar-refractivity contribution is 0.0981. The highest BCUT2D eigenvalue weighted by Crippen LogP contribution is 2.35. The van der Waals surface area contributed by atoms with E-state index in [0.29, 0.717) is 22.5 Å². The third-order valence-electron chi connectivity index (χ3n) is 6.00. The third-order valence-corrected chi connectivity index (χ3v) is 7.38. The molecule has 1 amide bonds. The second-order valence-electron chi connectivity index (χ2n) is 8.60. The van der Waals surface area contributed by atoms with E-state index in [1.165, 1.54) is 0 Å². The first-order valence-corrected chi connectivity index (χ1v) is 13.8. The Kier molecular flexibility index (Phi) is 8.08. The fraction of sp³-hybridized carbons (Fsp3) is 0.259. The largest absolute Gasteiger partial charge is 0.316 e. The second-order valence-corrected chi connectivity index (χ2v) is 10.5. The number of aryl methyl sites for hydroxylation is 1. The fourth-order valence-electron chi connectivity index (χ4n) is 4.28. The van der Waals surface area contributed by atoms with Gasteiger partial charge in [0.25, 0.3) is 5.91 Å². The number of hydrogen-bond acceptors (Lipinski definition) is 4. The molecule has 0 fully saturated rings. The molecule has 0 aliphatic rings. The summed E-state index contributed by atoms with van der Waals surface area (Å²) < 4.78 is 31.3. The van der Waals surface area contributed by atoms with E-state index in [1.54, 1.807) is 18.2 Å². The van der Waals surface area contributed by atoms with Crippen molar-refractivity contribution >= 4 is 38.8 Å². The number of hydrogen-bond donors (Lipinski definition) is 2. The molecule has 36 heavy (non-hydrogen) atoms.